The summed E-state index contributed by atoms with van der Waals surface area (Å²) in [6.45, 7) is 15.1. The zero-order valence-corrected chi connectivity index (χ0v) is 20.8. The fourth-order valence-corrected chi connectivity index (χ4v) is 5.84. The summed E-state index contributed by atoms with van der Waals surface area (Å²) in [6, 6.07) is 0. The molecular weight excluding hydrogens is 414 g/mol. The SMILES string of the molecule is CC(C)(C)OC(=O)N1CCCC(C(=O)O)(S(=O)(=O)CCO[Si](C)(C)C(C)(C)C)C1. The van der Waals surface area contributed by atoms with Crippen molar-refractivity contribution < 1.29 is 32.3 Å². The van der Waals surface area contributed by atoms with Crippen LogP contribution in [-0.2, 0) is 23.8 Å². The van der Waals surface area contributed by atoms with Gasteiger partial charge in [0.15, 0.2) is 22.9 Å². The number of ether oxygens (including phenoxy) is 1. The van der Waals surface area contributed by atoms with Crippen molar-refractivity contribution in [3.05, 3.63) is 0 Å². The van der Waals surface area contributed by atoms with Gasteiger partial charge in [-0.2, -0.15) is 0 Å². The first-order chi connectivity index (χ1) is 12.8. The molecule has 0 bridgehead atoms. The number of likely N-dealkylation sites (tertiary alicyclic amines) is 1. The predicted octanol–water partition coefficient (Wildman–Crippen LogP) is 3.28. The lowest BCUT2D eigenvalue weighted by Gasteiger charge is -2.40. The van der Waals surface area contributed by atoms with Crippen LogP contribution in [0.1, 0.15) is 54.4 Å². The van der Waals surface area contributed by atoms with Crippen LogP contribution in [0.4, 0.5) is 4.79 Å². The quantitative estimate of drug-likeness (QED) is 0.617. The number of sulfone groups is 1. The highest BCUT2D eigenvalue weighted by atomic mass is 32.2. The maximum atomic E-state index is 13.1. The molecule has 1 heterocycles. The van der Waals surface area contributed by atoms with E-state index in [1.54, 1.807) is 20.8 Å². The van der Waals surface area contributed by atoms with Crippen molar-refractivity contribution in [1.82, 2.24) is 4.90 Å². The van der Waals surface area contributed by atoms with Crippen LogP contribution in [0.15, 0.2) is 0 Å². The van der Waals surface area contributed by atoms with E-state index >= 15 is 0 Å². The second kappa shape index (κ2) is 8.54. The van der Waals surface area contributed by atoms with E-state index in [4.69, 9.17) is 9.16 Å². The standard InChI is InChI=1S/C19H37NO7SSi/c1-17(2,3)27-16(23)20-11-9-10-19(14-20,15(21)22)28(24,25)13-12-26-29(7,8)18(4,5)6/h9-14H2,1-8H3,(H,21,22). The van der Waals surface area contributed by atoms with E-state index in [0.29, 0.717) is 0 Å². The summed E-state index contributed by atoms with van der Waals surface area (Å²) in [6.07, 6.45) is -0.465. The first kappa shape index (κ1) is 25.9. The molecule has 1 saturated heterocycles. The molecule has 0 radical (unpaired) electrons. The number of rotatable bonds is 6. The lowest BCUT2D eigenvalue weighted by Crippen LogP contribution is -2.60. The van der Waals surface area contributed by atoms with E-state index in [9.17, 15) is 23.1 Å². The van der Waals surface area contributed by atoms with Crippen molar-refractivity contribution in [2.24, 2.45) is 0 Å². The molecule has 0 spiro atoms. The summed E-state index contributed by atoms with van der Waals surface area (Å²) in [5.74, 6) is -1.83. The number of aliphatic carboxylic acids is 1. The van der Waals surface area contributed by atoms with Gasteiger partial charge in [0.25, 0.3) is 0 Å². The van der Waals surface area contributed by atoms with Crippen LogP contribution in [0.3, 0.4) is 0 Å². The van der Waals surface area contributed by atoms with Gasteiger partial charge < -0.3 is 19.2 Å². The zero-order chi connectivity index (χ0) is 22.9. The Morgan fingerprint density at radius 3 is 2.14 bits per heavy atom. The Hall–Kier alpha value is -1.13. The Bertz CT molecular complexity index is 722. The van der Waals surface area contributed by atoms with Gasteiger partial charge in [0.05, 0.1) is 12.3 Å². The molecule has 0 aromatic rings. The Morgan fingerprint density at radius 2 is 1.69 bits per heavy atom. The minimum absolute atomic E-state index is 0.0376. The molecule has 10 heteroatoms. The third-order valence-electron chi connectivity index (χ3n) is 5.71. The molecule has 1 unspecified atom stereocenters. The maximum Gasteiger partial charge on any atom is 0.410 e. The summed E-state index contributed by atoms with van der Waals surface area (Å²) < 4.78 is 35.4. The Morgan fingerprint density at radius 1 is 1.14 bits per heavy atom. The molecule has 1 rings (SSSR count). The normalized spacial score (nSPS) is 21.7. The molecule has 170 valence electrons. The second-order valence-electron chi connectivity index (χ2n) is 10.2. The molecule has 1 aliphatic rings. The average Bonchev–Trinajstić information content (AvgIpc) is 2.51. The van der Waals surface area contributed by atoms with E-state index in [2.05, 4.69) is 0 Å². The molecule has 1 fully saturated rings. The van der Waals surface area contributed by atoms with Crippen molar-refractivity contribution in [3.8, 4) is 0 Å². The molecule has 8 nitrogen and oxygen atoms in total. The summed E-state index contributed by atoms with van der Waals surface area (Å²) in [5, 5.41) is 9.77. The summed E-state index contributed by atoms with van der Waals surface area (Å²) in [7, 11) is -6.23. The van der Waals surface area contributed by atoms with Gasteiger partial charge in [-0.15, -0.1) is 0 Å². The first-order valence-electron chi connectivity index (χ1n) is 9.92. The largest absolute Gasteiger partial charge is 0.480 e. The van der Waals surface area contributed by atoms with Gasteiger partial charge in [-0.25, -0.2) is 13.2 Å². The summed E-state index contributed by atoms with van der Waals surface area (Å²) in [4.78, 5) is 25.7. The molecular formula is C19H37NO7SSi. The molecule has 0 aliphatic carbocycles. The number of carbonyl (C=O) groups excluding carboxylic acids is 1. The number of nitrogens with zero attached hydrogens (tertiary/aromatic N) is 1. The molecule has 29 heavy (non-hydrogen) atoms. The van der Waals surface area contributed by atoms with Gasteiger partial charge in [0, 0.05) is 13.2 Å². The first-order valence-corrected chi connectivity index (χ1v) is 14.5. The smallest absolute Gasteiger partial charge is 0.410 e. The van der Waals surface area contributed by atoms with Crippen LogP contribution in [0.25, 0.3) is 0 Å². The van der Waals surface area contributed by atoms with Crippen LogP contribution < -0.4 is 0 Å². The lowest BCUT2D eigenvalue weighted by atomic mass is 9.97. The Labute approximate surface area is 176 Å². The highest BCUT2D eigenvalue weighted by molar-refractivity contribution is 7.93. The molecule has 0 saturated carbocycles. The van der Waals surface area contributed by atoms with Gasteiger partial charge in [-0.1, -0.05) is 20.8 Å². The van der Waals surface area contributed by atoms with Crippen LogP contribution >= 0.6 is 0 Å². The van der Waals surface area contributed by atoms with Crippen molar-refractivity contribution in [2.45, 2.75) is 82.9 Å². The summed E-state index contributed by atoms with van der Waals surface area (Å²) >= 11 is 0. The Kier molecular flexibility index (Phi) is 7.63. The van der Waals surface area contributed by atoms with Crippen LogP contribution in [0.5, 0.6) is 0 Å². The van der Waals surface area contributed by atoms with Crippen molar-refractivity contribution in [1.29, 1.82) is 0 Å². The topological polar surface area (TPSA) is 110 Å². The molecule has 1 aliphatic heterocycles. The van der Waals surface area contributed by atoms with E-state index in [1.807, 2.05) is 33.9 Å². The number of carbonyl (C=O) groups is 2. The zero-order valence-electron chi connectivity index (χ0n) is 19.0. The monoisotopic (exact) mass is 451 g/mol. The summed E-state index contributed by atoms with van der Waals surface area (Å²) in [5.41, 5.74) is -0.754. The molecule has 1 atom stereocenters. The predicted molar refractivity (Wildman–Crippen MR) is 114 cm³/mol. The third kappa shape index (κ3) is 6.18. The van der Waals surface area contributed by atoms with Gasteiger partial charge in [-0.3, -0.25) is 4.79 Å². The van der Waals surface area contributed by atoms with E-state index in [-0.39, 0.29) is 31.0 Å². The van der Waals surface area contributed by atoms with E-state index in [1.165, 1.54) is 4.90 Å². The Balaban J connectivity index is 3.01. The van der Waals surface area contributed by atoms with Gasteiger partial charge >= 0.3 is 12.1 Å². The van der Waals surface area contributed by atoms with Crippen LogP contribution in [0.2, 0.25) is 18.1 Å². The van der Waals surface area contributed by atoms with Crippen LogP contribution in [-0.4, -0.2) is 74.6 Å². The average molecular weight is 452 g/mol. The van der Waals surface area contributed by atoms with Gasteiger partial charge in [0.2, 0.25) is 0 Å². The highest BCUT2D eigenvalue weighted by Gasteiger charge is 2.54. The fourth-order valence-electron chi connectivity index (χ4n) is 2.88. The van der Waals surface area contributed by atoms with Gasteiger partial charge in [0.1, 0.15) is 5.60 Å². The second-order valence-corrected chi connectivity index (χ2v) is 17.5. The number of carboxylic acids is 1. The minimum Gasteiger partial charge on any atom is -0.480 e. The molecule has 0 aromatic carbocycles. The van der Waals surface area contributed by atoms with Crippen LogP contribution in [0, 0.1) is 0 Å². The third-order valence-corrected chi connectivity index (χ3v) is 12.7. The fraction of sp³-hybridized carbons (Fsp3) is 0.895. The number of carboxylic acid groups (broad SMARTS) is 1. The number of piperidine rings is 1. The number of hydrogen-bond acceptors (Lipinski definition) is 6. The van der Waals surface area contributed by atoms with E-state index < -0.39 is 52.9 Å². The number of hydrogen-bond donors (Lipinski definition) is 1. The highest BCUT2D eigenvalue weighted by Crippen LogP contribution is 2.37. The number of amides is 1. The van der Waals surface area contributed by atoms with Crippen molar-refractivity contribution in [2.75, 3.05) is 25.4 Å². The maximum absolute atomic E-state index is 13.1. The van der Waals surface area contributed by atoms with E-state index in [0.717, 1.165) is 0 Å². The van der Waals surface area contributed by atoms with Crippen molar-refractivity contribution >= 4 is 30.2 Å². The molecule has 1 amide bonds. The van der Waals surface area contributed by atoms with Gasteiger partial charge in [-0.05, 0) is 51.7 Å². The molecule has 1 N–H and O–H groups in total. The molecule has 0 aromatic heterocycles. The minimum atomic E-state index is -4.07. The van der Waals surface area contributed by atoms with Crippen molar-refractivity contribution in [3.63, 3.8) is 0 Å². The lowest BCUT2D eigenvalue weighted by molar-refractivity contribution is -0.141.